The monoisotopic (exact) mass is 556 g/mol. The predicted octanol–water partition coefficient (Wildman–Crippen LogP) is 5.11. The smallest absolute Gasteiger partial charge is 0.412 e. The number of carbonyl (C=O) groups excluding carboxylic acids is 3. The Morgan fingerprint density at radius 1 is 1.11 bits per heavy atom. The standard InChI is InChI=1S/C25H41ClN4O6Si/c1-24(2,3)35-23(33)29-17-12-15(21(27)31)13-18(20(17)26)30-11-10-16(28-22(32)34-7)19(14-30)36-37(8,9)25(4,5)6/h12-13,16,19H,10-11,14H2,1-9H3,(H2,27,31)(H,28,32)(H,29,33)/t16-,19-/m0/s1. The number of carbonyl (C=O) groups is 3. The molecule has 2 rings (SSSR count). The van der Waals surface area contributed by atoms with Crippen LogP contribution in [0, 0.1) is 0 Å². The number of amides is 3. The maximum atomic E-state index is 12.4. The molecule has 1 aliphatic heterocycles. The molecule has 3 amide bonds. The molecule has 2 atom stereocenters. The van der Waals surface area contributed by atoms with Crippen LogP contribution in [0.1, 0.15) is 58.3 Å². The largest absolute Gasteiger partial charge is 0.453 e. The summed E-state index contributed by atoms with van der Waals surface area (Å²) in [6, 6.07) is 2.74. The van der Waals surface area contributed by atoms with Gasteiger partial charge in [0.15, 0.2) is 8.32 Å². The Kier molecular flexibility index (Phi) is 9.54. The quantitative estimate of drug-likeness (QED) is 0.415. The van der Waals surface area contributed by atoms with Gasteiger partial charge in [-0.25, -0.2) is 9.59 Å². The number of nitrogens with one attached hydrogen (secondary N) is 2. The summed E-state index contributed by atoms with van der Waals surface area (Å²) in [7, 11) is -0.901. The Morgan fingerprint density at radius 2 is 1.73 bits per heavy atom. The van der Waals surface area contributed by atoms with Gasteiger partial charge < -0.3 is 29.9 Å². The van der Waals surface area contributed by atoms with Gasteiger partial charge in [-0.15, -0.1) is 0 Å². The van der Waals surface area contributed by atoms with Crippen molar-refractivity contribution in [3.05, 3.63) is 22.7 Å². The average molecular weight is 557 g/mol. The van der Waals surface area contributed by atoms with Crippen molar-refractivity contribution >= 4 is 49.4 Å². The second-order valence-corrected chi connectivity index (χ2v) is 16.9. The van der Waals surface area contributed by atoms with E-state index in [4.69, 9.17) is 31.2 Å². The van der Waals surface area contributed by atoms with Crippen molar-refractivity contribution in [1.82, 2.24) is 5.32 Å². The summed E-state index contributed by atoms with van der Waals surface area (Å²) in [6.07, 6.45) is -1.06. The normalized spacial score (nSPS) is 18.7. The van der Waals surface area contributed by atoms with Gasteiger partial charge in [-0.2, -0.15) is 0 Å². The number of primary amides is 1. The van der Waals surface area contributed by atoms with Gasteiger partial charge in [0.25, 0.3) is 0 Å². The molecule has 1 aromatic carbocycles. The van der Waals surface area contributed by atoms with E-state index in [2.05, 4.69) is 44.5 Å². The first-order valence-electron chi connectivity index (χ1n) is 12.2. The van der Waals surface area contributed by atoms with Crippen LogP contribution in [0.25, 0.3) is 0 Å². The number of alkyl carbamates (subject to hydrolysis) is 1. The first kappa shape index (κ1) is 30.7. The first-order chi connectivity index (χ1) is 16.8. The number of benzene rings is 1. The molecule has 1 saturated heterocycles. The molecular weight excluding hydrogens is 516 g/mol. The van der Waals surface area contributed by atoms with E-state index in [9.17, 15) is 14.4 Å². The molecule has 12 heteroatoms. The SMILES string of the molecule is COC(=O)N[C@H]1CCN(c2cc(C(N)=O)cc(NC(=O)OC(C)(C)C)c2Cl)C[C@@H]1O[Si](C)(C)C(C)(C)C. The Morgan fingerprint density at radius 3 is 2.24 bits per heavy atom. The van der Waals surface area contributed by atoms with Crippen molar-refractivity contribution in [2.75, 3.05) is 30.4 Å². The summed E-state index contributed by atoms with van der Waals surface area (Å²) < 4.78 is 16.9. The van der Waals surface area contributed by atoms with Gasteiger partial charge in [0.1, 0.15) is 5.60 Å². The topological polar surface area (TPSA) is 132 Å². The second-order valence-electron chi connectivity index (χ2n) is 11.7. The van der Waals surface area contributed by atoms with Crippen molar-refractivity contribution in [2.45, 2.75) is 83.8 Å². The van der Waals surface area contributed by atoms with E-state index in [0.717, 1.165) is 0 Å². The van der Waals surface area contributed by atoms with Gasteiger partial charge in [-0.3, -0.25) is 10.1 Å². The highest BCUT2D eigenvalue weighted by molar-refractivity contribution is 6.74. The fraction of sp³-hybridized carbons (Fsp3) is 0.640. The number of nitrogens with two attached hydrogens (primary N) is 1. The zero-order valence-electron chi connectivity index (χ0n) is 23.3. The fourth-order valence-electron chi connectivity index (χ4n) is 3.67. The minimum Gasteiger partial charge on any atom is -0.453 e. The average Bonchev–Trinajstić information content (AvgIpc) is 2.73. The van der Waals surface area contributed by atoms with Crippen LogP contribution in [0.3, 0.4) is 0 Å². The Hall–Kier alpha value is -2.50. The van der Waals surface area contributed by atoms with Crippen LogP contribution in [0.15, 0.2) is 12.1 Å². The lowest BCUT2D eigenvalue weighted by Gasteiger charge is -2.46. The van der Waals surface area contributed by atoms with Crippen LogP contribution in [0.5, 0.6) is 0 Å². The zero-order valence-corrected chi connectivity index (χ0v) is 25.0. The highest BCUT2D eigenvalue weighted by atomic mass is 35.5. The summed E-state index contributed by atoms with van der Waals surface area (Å²) in [5, 5.41) is 5.71. The maximum Gasteiger partial charge on any atom is 0.412 e. The number of hydrogen-bond donors (Lipinski definition) is 3. The predicted molar refractivity (Wildman–Crippen MR) is 148 cm³/mol. The van der Waals surface area contributed by atoms with E-state index in [1.807, 2.05) is 4.90 Å². The van der Waals surface area contributed by atoms with Crippen molar-refractivity contribution in [3.63, 3.8) is 0 Å². The van der Waals surface area contributed by atoms with Gasteiger partial charge in [0.05, 0.1) is 35.7 Å². The highest BCUT2D eigenvalue weighted by Gasteiger charge is 2.43. The molecule has 0 unspecified atom stereocenters. The Bertz CT molecular complexity index is 1020. The molecule has 0 bridgehead atoms. The van der Waals surface area contributed by atoms with Crippen molar-refractivity contribution in [1.29, 1.82) is 0 Å². The molecule has 0 radical (unpaired) electrons. The van der Waals surface area contributed by atoms with E-state index in [1.54, 1.807) is 26.8 Å². The van der Waals surface area contributed by atoms with Gasteiger partial charge in [0.2, 0.25) is 5.91 Å². The third-order valence-corrected chi connectivity index (χ3v) is 11.5. The summed E-state index contributed by atoms with van der Waals surface area (Å²) in [6.45, 7) is 16.8. The summed E-state index contributed by atoms with van der Waals surface area (Å²) in [5.74, 6) is -0.665. The van der Waals surface area contributed by atoms with Crippen LogP contribution in [0.4, 0.5) is 21.0 Å². The van der Waals surface area contributed by atoms with E-state index in [1.165, 1.54) is 13.2 Å². The molecule has 4 N–H and O–H groups in total. The first-order valence-corrected chi connectivity index (χ1v) is 15.5. The molecule has 0 saturated carbocycles. The van der Waals surface area contributed by atoms with Crippen molar-refractivity contribution < 1.29 is 28.3 Å². The lowest BCUT2D eigenvalue weighted by atomic mass is 10.0. The zero-order chi connectivity index (χ0) is 28.3. The van der Waals surface area contributed by atoms with Gasteiger partial charge >= 0.3 is 12.2 Å². The number of rotatable bonds is 6. The van der Waals surface area contributed by atoms with Crippen molar-refractivity contribution in [3.8, 4) is 0 Å². The fourth-order valence-corrected chi connectivity index (χ4v) is 5.30. The van der Waals surface area contributed by atoms with Gasteiger partial charge in [0, 0.05) is 18.7 Å². The van der Waals surface area contributed by atoms with Gasteiger partial charge in [-0.05, 0) is 57.5 Å². The number of nitrogens with zero attached hydrogens (tertiary/aromatic N) is 1. The molecule has 10 nitrogen and oxygen atoms in total. The lowest BCUT2D eigenvalue weighted by molar-refractivity contribution is 0.0635. The van der Waals surface area contributed by atoms with Crippen LogP contribution < -0.4 is 21.3 Å². The van der Waals surface area contributed by atoms with E-state index < -0.39 is 32.0 Å². The lowest BCUT2D eigenvalue weighted by Crippen LogP contribution is -2.59. The minimum atomic E-state index is -2.22. The molecule has 1 aromatic rings. The molecular formula is C25H41ClN4O6Si. The third kappa shape index (κ3) is 8.24. The molecule has 1 heterocycles. The molecule has 37 heavy (non-hydrogen) atoms. The molecule has 1 fully saturated rings. The number of piperidine rings is 1. The molecule has 1 aliphatic rings. The third-order valence-electron chi connectivity index (χ3n) is 6.61. The van der Waals surface area contributed by atoms with Crippen LogP contribution in [-0.4, -0.2) is 64.4 Å². The Balaban J connectivity index is 2.44. The van der Waals surface area contributed by atoms with Crippen LogP contribution in [0.2, 0.25) is 23.2 Å². The number of methoxy groups -OCH3 is 1. The molecule has 208 valence electrons. The maximum absolute atomic E-state index is 12.4. The van der Waals surface area contributed by atoms with Crippen LogP contribution in [-0.2, 0) is 13.9 Å². The van der Waals surface area contributed by atoms with Crippen molar-refractivity contribution in [2.24, 2.45) is 5.73 Å². The van der Waals surface area contributed by atoms with Gasteiger partial charge in [-0.1, -0.05) is 32.4 Å². The molecule has 0 aliphatic carbocycles. The number of anilines is 2. The number of halogens is 1. The number of hydrogen-bond acceptors (Lipinski definition) is 7. The summed E-state index contributed by atoms with van der Waals surface area (Å²) in [4.78, 5) is 38.6. The van der Waals surface area contributed by atoms with E-state index in [-0.39, 0.29) is 33.5 Å². The Labute approximate surface area is 225 Å². The van der Waals surface area contributed by atoms with Crippen LogP contribution >= 0.6 is 11.6 Å². The molecule has 0 aromatic heterocycles. The van der Waals surface area contributed by atoms with E-state index >= 15 is 0 Å². The number of ether oxygens (including phenoxy) is 2. The molecule has 0 spiro atoms. The summed E-state index contributed by atoms with van der Waals surface area (Å²) >= 11 is 6.74. The summed E-state index contributed by atoms with van der Waals surface area (Å²) in [5.41, 5.74) is 5.78. The highest BCUT2D eigenvalue weighted by Crippen LogP contribution is 2.40. The minimum absolute atomic E-state index is 0.0564. The van der Waals surface area contributed by atoms with E-state index in [0.29, 0.717) is 25.2 Å². The second kappa shape index (κ2) is 11.5.